The Balaban J connectivity index is -0.000000380. The summed E-state index contributed by atoms with van der Waals surface area (Å²) in [5.74, 6) is -0.0949. The lowest BCUT2D eigenvalue weighted by Crippen LogP contribution is -2.27. The van der Waals surface area contributed by atoms with Crippen LogP contribution in [-0.2, 0) is 20.0 Å². The molecule has 0 aromatic heterocycles. The monoisotopic (exact) mass is 438 g/mol. The van der Waals surface area contributed by atoms with Gasteiger partial charge in [-0.05, 0) is 68.0 Å². The van der Waals surface area contributed by atoms with Gasteiger partial charge < -0.3 is 20.4 Å². The minimum atomic E-state index is -4.67. The molecule has 0 atom stereocenters. The first kappa shape index (κ1) is 31.9. The zero-order valence-electron chi connectivity index (χ0n) is 18.5. The molecule has 0 saturated heterocycles. The van der Waals surface area contributed by atoms with Crippen LogP contribution in [0.25, 0.3) is 0 Å². The summed E-state index contributed by atoms with van der Waals surface area (Å²) in [5.41, 5.74) is 1.14. The maximum absolute atomic E-state index is 11.0. The Bertz CT molecular complexity index is 557. The molecule has 10 nitrogen and oxygen atoms in total. The summed E-state index contributed by atoms with van der Waals surface area (Å²) in [6.07, 6.45) is 1.96. The predicted molar refractivity (Wildman–Crippen MR) is 116 cm³/mol. The Morgan fingerprint density at radius 3 is 1.21 bits per heavy atom. The number of hydrogen-bond donors (Lipinski definition) is 4. The van der Waals surface area contributed by atoms with Crippen molar-refractivity contribution >= 4 is 22.2 Å². The lowest BCUT2D eigenvalue weighted by molar-refractivity contribution is -0.118. The first-order chi connectivity index (χ1) is 13.1. The Morgan fingerprint density at radius 1 is 0.793 bits per heavy atom. The van der Waals surface area contributed by atoms with Gasteiger partial charge in [-0.2, -0.15) is 8.42 Å². The van der Waals surface area contributed by atoms with Crippen LogP contribution >= 0.6 is 0 Å². The van der Waals surface area contributed by atoms with E-state index in [0.717, 1.165) is 39.0 Å². The van der Waals surface area contributed by atoms with E-state index in [-0.39, 0.29) is 11.8 Å². The molecular weight excluding hydrogens is 400 g/mol. The van der Waals surface area contributed by atoms with Gasteiger partial charge in [0.2, 0.25) is 11.8 Å². The van der Waals surface area contributed by atoms with Gasteiger partial charge in [-0.3, -0.25) is 18.7 Å². The molecular formula is C18H38N4O6S. The molecule has 0 rings (SSSR count). The zero-order valence-corrected chi connectivity index (χ0v) is 19.3. The summed E-state index contributed by atoms with van der Waals surface area (Å²) in [7, 11) is 3.39. The minimum absolute atomic E-state index is 0.0474. The molecule has 0 aliphatic carbocycles. The van der Waals surface area contributed by atoms with Crippen LogP contribution in [0.3, 0.4) is 0 Å². The van der Waals surface area contributed by atoms with Crippen molar-refractivity contribution in [3.63, 3.8) is 0 Å². The van der Waals surface area contributed by atoms with Gasteiger partial charge >= 0.3 is 10.4 Å². The van der Waals surface area contributed by atoms with Crippen LogP contribution in [0.1, 0.15) is 26.7 Å². The first-order valence-corrected chi connectivity index (χ1v) is 10.3. The Morgan fingerprint density at radius 2 is 1.03 bits per heavy atom. The number of carbonyl (C=O) groups excluding carboxylic acids is 2. The van der Waals surface area contributed by atoms with Gasteiger partial charge in [0.25, 0.3) is 0 Å². The smallest absolute Gasteiger partial charge is 0.352 e. The van der Waals surface area contributed by atoms with Gasteiger partial charge in [-0.15, -0.1) is 0 Å². The summed E-state index contributed by atoms with van der Waals surface area (Å²) >= 11 is 0. The van der Waals surface area contributed by atoms with Gasteiger partial charge in [0, 0.05) is 24.2 Å². The van der Waals surface area contributed by atoms with E-state index < -0.39 is 10.4 Å². The fourth-order valence-electron chi connectivity index (χ4n) is 1.50. The third-order valence-corrected chi connectivity index (χ3v) is 2.91. The van der Waals surface area contributed by atoms with E-state index >= 15 is 0 Å². The van der Waals surface area contributed by atoms with E-state index in [0.29, 0.717) is 11.1 Å². The zero-order chi connectivity index (χ0) is 23.6. The number of hydrogen-bond acceptors (Lipinski definition) is 6. The van der Waals surface area contributed by atoms with Crippen molar-refractivity contribution in [1.82, 2.24) is 20.4 Å². The van der Waals surface area contributed by atoms with Crippen molar-refractivity contribution in [3.05, 3.63) is 24.3 Å². The lowest BCUT2D eigenvalue weighted by atomic mass is 10.3. The molecule has 0 radical (unpaired) electrons. The normalized spacial score (nSPS) is 10.3. The minimum Gasteiger partial charge on any atom is -0.352 e. The standard InChI is InChI=1S/2C9H18N2O.H2O4S/c2*1-8(2)9(12)10-6-5-7-11(3)4;1-5(2,3)4/h2*1,5-7H2,2-4H3,(H,10,12);(H2,1,2,3,4). The Labute approximate surface area is 175 Å². The largest absolute Gasteiger partial charge is 0.394 e. The molecule has 172 valence electrons. The van der Waals surface area contributed by atoms with Crippen LogP contribution in [0, 0.1) is 0 Å². The summed E-state index contributed by atoms with van der Waals surface area (Å²) in [4.78, 5) is 26.1. The van der Waals surface area contributed by atoms with Crippen LogP contribution in [0.5, 0.6) is 0 Å². The van der Waals surface area contributed by atoms with Crippen LogP contribution in [-0.4, -0.2) is 93.5 Å². The van der Waals surface area contributed by atoms with E-state index in [4.69, 9.17) is 17.5 Å². The summed E-state index contributed by atoms with van der Waals surface area (Å²) in [6, 6.07) is 0. The topological polar surface area (TPSA) is 139 Å². The fourth-order valence-corrected chi connectivity index (χ4v) is 1.50. The Kier molecular flexibility index (Phi) is 20.1. The molecule has 0 aromatic rings. The number of carbonyl (C=O) groups is 2. The predicted octanol–water partition coefficient (Wildman–Crippen LogP) is 0.608. The first-order valence-electron chi connectivity index (χ1n) is 8.94. The van der Waals surface area contributed by atoms with Crippen LogP contribution in [0.2, 0.25) is 0 Å². The van der Waals surface area contributed by atoms with Crippen LogP contribution in [0.15, 0.2) is 24.3 Å². The van der Waals surface area contributed by atoms with E-state index in [1.165, 1.54) is 0 Å². The third-order valence-electron chi connectivity index (χ3n) is 2.91. The van der Waals surface area contributed by atoms with Crippen molar-refractivity contribution in [2.75, 3.05) is 54.4 Å². The van der Waals surface area contributed by atoms with Crippen molar-refractivity contribution in [3.8, 4) is 0 Å². The van der Waals surface area contributed by atoms with Gasteiger partial charge in [0.15, 0.2) is 0 Å². The molecule has 0 aliphatic heterocycles. The third kappa shape index (κ3) is 37.6. The van der Waals surface area contributed by atoms with Crippen molar-refractivity contribution in [2.24, 2.45) is 0 Å². The number of amides is 2. The van der Waals surface area contributed by atoms with Gasteiger partial charge in [-0.25, -0.2) is 0 Å². The van der Waals surface area contributed by atoms with Crippen LogP contribution < -0.4 is 10.6 Å². The molecule has 11 heteroatoms. The van der Waals surface area contributed by atoms with E-state index in [1.807, 2.05) is 28.2 Å². The fraction of sp³-hybridized carbons (Fsp3) is 0.667. The lowest BCUT2D eigenvalue weighted by Gasteiger charge is -2.09. The molecule has 0 saturated carbocycles. The average molecular weight is 439 g/mol. The average Bonchev–Trinajstić information content (AvgIpc) is 2.53. The molecule has 2 amide bonds. The second-order valence-corrected chi connectivity index (χ2v) is 7.73. The molecule has 0 heterocycles. The Hall–Kier alpha value is -1.79. The van der Waals surface area contributed by atoms with Crippen molar-refractivity contribution < 1.29 is 27.1 Å². The molecule has 0 bridgehead atoms. The van der Waals surface area contributed by atoms with Crippen molar-refractivity contribution in [1.29, 1.82) is 0 Å². The molecule has 29 heavy (non-hydrogen) atoms. The SMILES string of the molecule is C=C(C)C(=O)NCCCN(C)C.C=C(C)C(=O)NCCCN(C)C.O=S(=O)(O)O. The second kappa shape index (κ2) is 18.3. The van der Waals surface area contributed by atoms with E-state index in [2.05, 4.69) is 33.6 Å². The quantitative estimate of drug-likeness (QED) is 0.221. The van der Waals surface area contributed by atoms with Crippen LogP contribution in [0.4, 0.5) is 0 Å². The second-order valence-electron chi connectivity index (χ2n) is 6.83. The van der Waals surface area contributed by atoms with E-state index in [9.17, 15) is 9.59 Å². The van der Waals surface area contributed by atoms with Gasteiger partial charge in [0.1, 0.15) is 0 Å². The van der Waals surface area contributed by atoms with E-state index in [1.54, 1.807) is 13.8 Å². The molecule has 0 fully saturated rings. The van der Waals surface area contributed by atoms with Gasteiger partial charge in [-0.1, -0.05) is 13.2 Å². The summed E-state index contributed by atoms with van der Waals surface area (Å²) in [5, 5.41) is 5.54. The highest BCUT2D eigenvalue weighted by Gasteiger charge is 2.00. The molecule has 4 N–H and O–H groups in total. The maximum Gasteiger partial charge on any atom is 0.394 e. The van der Waals surface area contributed by atoms with Crippen molar-refractivity contribution in [2.45, 2.75) is 26.7 Å². The summed E-state index contributed by atoms with van der Waals surface area (Å²) < 4.78 is 31.6. The highest BCUT2D eigenvalue weighted by molar-refractivity contribution is 7.79. The highest BCUT2D eigenvalue weighted by Crippen LogP contribution is 1.87. The molecule has 0 aromatic carbocycles. The molecule has 0 spiro atoms. The van der Waals surface area contributed by atoms with Gasteiger partial charge in [0.05, 0.1) is 0 Å². The number of rotatable bonds is 10. The maximum atomic E-state index is 11.0. The molecule has 0 unspecified atom stereocenters. The summed E-state index contributed by atoms with van der Waals surface area (Å²) in [6.45, 7) is 14.0. The number of nitrogens with zero attached hydrogens (tertiary/aromatic N) is 2. The number of nitrogens with one attached hydrogen (secondary N) is 2. The molecule has 0 aliphatic rings. The highest BCUT2D eigenvalue weighted by atomic mass is 32.3.